The molecule has 2 rings (SSSR count). The van der Waals surface area contributed by atoms with Crippen molar-refractivity contribution in [2.24, 2.45) is 0 Å². The smallest absolute Gasteiger partial charge is 0.123 e. The highest BCUT2D eigenvalue weighted by molar-refractivity contribution is 5.74. The summed E-state index contributed by atoms with van der Waals surface area (Å²) in [5, 5.41) is 19.1. The second-order valence-corrected chi connectivity index (χ2v) is 3.95. The standard InChI is InChI=1S/C14H14O2/c1-9-3-8-13(16)14(10(9)2)11-4-6-12(15)7-5-11/h3-8,15-16H,1-2H3. The van der Waals surface area contributed by atoms with Crippen LogP contribution in [0.2, 0.25) is 0 Å². The van der Waals surface area contributed by atoms with Crippen LogP contribution in [0.1, 0.15) is 11.1 Å². The molecule has 2 N–H and O–H groups in total. The molecular weight excluding hydrogens is 200 g/mol. The van der Waals surface area contributed by atoms with Crippen molar-refractivity contribution in [1.29, 1.82) is 0 Å². The minimum absolute atomic E-state index is 0.230. The lowest BCUT2D eigenvalue weighted by Gasteiger charge is -2.11. The zero-order valence-electron chi connectivity index (χ0n) is 9.36. The number of hydrogen-bond acceptors (Lipinski definition) is 2. The molecule has 0 aromatic heterocycles. The van der Waals surface area contributed by atoms with E-state index >= 15 is 0 Å². The summed E-state index contributed by atoms with van der Waals surface area (Å²) in [6.45, 7) is 4.00. The van der Waals surface area contributed by atoms with Gasteiger partial charge in [0.05, 0.1) is 0 Å². The summed E-state index contributed by atoms with van der Waals surface area (Å²) in [7, 11) is 0. The molecule has 2 aromatic carbocycles. The monoisotopic (exact) mass is 214 g/mol. The van der Waals surface area contributed by atoms with Gasteiger partial charge in [-0.15, -0.1) is 0 Å². The number of rotatable bonds is 1. The van der Waals surface area contributed by atoms with Crippen molar-refractivity contribution in [3.63, 3.8) is 0 Å². The largest absolute Gasteiger partial charge is 0.508 e. The van der Waals surface area contributed by atoms with Gasteiger partial charge in [0.15, 0.2) is 0 Å². The van der Waals surface area contributed by atoms with Crippen molar-refractivity contribution in [2.45, 2.75) is 13.8 Å². The Bertz CT molecular complexity index is 513. The fourth-order valence-electron chi connectivity index (χ4n) is 1.79. The van der Waals surface area contributed by atoms with E-state index in [0.29, 0.717) is 0 Å². The predicted octanol–water partition coefficient (Wildman–Crippen LogP) is 3.38. The van der Waals surface area contributed by atoms with Crippen LogP contribution in [-0.2, 0) is 0 Å². The van der Waals surface area contributed by atoms with Gasteiger partial charge in [-0.3, -0.25) is 0 Å². The van der Waals surface area contributed by atoms with E-state index < -0.39 is 0 Å². The van der Waals surface area contributed by atoms with E-state index in [1.807, 2.05) is 19.9 Å². The Morgan fingerprint density at radius 2 is 1.44 bits per heavy atom. The average Bonchev–Trinajstić information content (AvgIpc) is 2.27. The molecule has 82 valence electrons. The van der Waals surface area contributed by atoms with Gasteiger partial charge in [-0.1, -0.05) is 18.2 Å². The topological polar surface area (TPSA) is 40.5 Å². The van der Waals surface area contributed by atoms with Crippen molar-refractivity contribution in [1.82, 2.24) is 0 Å². The van der Waals surface area contributed by atoms with Crippen LogP contribution in [0, 0.1) is 13.8 Å². The molecule has 0 radical (unpaired) electrons. The Balaban J connectivity index is 2.63. The first kappa shape index (κ1) is 10.6. The maximum Gasteiger partial charge on any atom is 0.123 e. The van der Waals surface area contributed by atoms with E-state index in [-0.39, 0.29) is 11.5 Å². The predicted molar refractivity (Wildman–Crippen MR) is 64.7 cm³/mol. The van der Waals surface area contributed by atoms with E-state index in [1.165, 1.54) is 0 Å². The third kappa shape index (κ3) is 1.74. The third-order valence-corrected chi connectivity index (χ3v) is 2.87. The number of benzene rings is 2. The van der Waals surface area contributed by atoms with Crippen molar-refractivity contribution < 1.29 is 10.2 Å². The number of aromatic hydroxyl groups is 2. The zero-order chi connectivity index (χ0) is 11.7. The summed E-state index contributed by atoms with van der Waals surface area (Å²) < 4.78 is 0. The molecule has 2 nitrogen and oxygen atoms in total. The normalized spacial score (nSPS) is 10.4. The van der Waals surface area contributed by atoms with Crippen LogP contribution in [0.3, 0.4) is 0 Å². The van der Waals surface area contributed by atoms with Crippen molar-refractivity contribution >= 4 is 0 Å². The second-order valence-electron chi connectivity index (χ2n) is 3.95. The van der Waals surface area contributed by atoms with E-state index in [2.05, 4.69) is 0 Å². The molecule has 0 amide bonds. The van der Waals surface area contributed by atoms with Gasteiger partial charge >= 0.3 is 0 Å². The molecule has 2 heteroatoms. The highest BCUT2D eigenvalue weighted by Gasteiger charge is 2.09. The Morgan fingerprint density at radius 1 is 0.812 bits per heavy atom. The Hall–Kier alpha value is -1.96. The summed E-state index contributed by atoms with van der Waals surface area (Å²) in [6, 6.07) is 10.4. The molecule has 0 unspecified atom stereocenters. The number of phenols is 2. The molecule has 0 spiro atoms. The van der Waals surface area contributed by atoms with E-state index in [4.69, 9.17) is 0 Å². The van der Waals surface area contributed by atoms with Crippen LogP contribution >= 0.6 is 0 Å². The lowest BCUT2D eigenvalue weighted by molar-refractivity contribution is 0.474. The molecule has 0 atom stereocenters. The fourth-order valence-corrected chi connectivity index (χ4v) is 1.79. The molecule has 0 saturated heterocycles. The molecule has 0 aliphatic heterocycles. The van der Waals surface area contributed by atoms with Gasteiger partial charge in [0.1, 0.15) is 11.5 Å². The van der Waals surface area contributed by atoms with E-state index in [9.17, 15) is 10.2 Å². The van der Waals surface area contributed by atoms with Gasteiger partial charge in [-0.05, 0) is 48.7 Å². The molecule has 0 bridgehead atoms. The molecule has 2 aromatic rings. The highest BCUT2D eigenvalue weighted by atomic mass is 16.3. The van der Waals surface area contributed by atoms with E-state index in [1.54, 1.807) is 30.3 Å². The third-order valence-electron chi connectivity index (χ3n) is 2.87. The number of hydrogen-bond donors (Lipinski definition) is 2. The van der Waals surface area contributed by atoms with Crippen molar-refractivity contribution in [2.75, 3.05) is 0 Å². The first-order chi connectivity index (χ1) is 7.59. The van der Waals surface area contributed by atoms with Gasteiger partial charge in [-0.25, -0.2) is 0 Å². The van der Waals surface area contributed by atoms with Crippen molar-refractivity contribution in [3.8, 4) is 22.6 Å². The maximum atomic E-state index is 9.88. The maximum absolute atomic E-state index is 9.88. The number of phenolic OH excluding ortho intramolecular Hbond substituents is 2. The van der Waals surface area contributed by atoms with Gasteiger partial charge in [0.2, 0.25) is 0 Å². The summed E-state index contributed by atoms with van der Waals surface area (Å²) >= 11 is 0. The summed E-state index contributed by atoms with van der Waals surface area (Å²) in [4.78, 5) is 0. The van der Waals surface area contributed by atoms with Gasteiger partial charge < -0.3 is 10.2 Å². The molecule has 16 heavy (non-hydrogen) atoms. The molecule has 0 heterocycles. The highest BCUT2D eigenvalue weighted by Crippen LogP contribution is 2.34. The first-order valence-corrected chi connectivity index (χ1v) is 5.18. The quantitative estimate of drug-likeness (QED) is 0.764. The lowest BCUT2D eigenvalue weighted by atomic mass is 9.96. The van der Waals surface area contributed by atoms with Crippen LogP contribution in [0.4, 0.5) is 0 Å². The minimum atomic E-state index is 0.230. The van der Waals surface area contributed by atoms with Crippen LogP contribution in [0.5, 0.6) is 11.5 Å². The minimum Gasteiger partial charge on any atom is -0.508 e. The average molecular weight is 214 g/mol. The van der Waals surface area contributed by atoms with E-state index in [0.717, 1.165) is 22.3 Å². The lowest BCUT2D eigenvalue weighted by Crippen LogP contribution is -1.88. The Labute approximate surface area is 94.8 Å². The first-order valence-electron chi connectivity index (χ1n) is 5.18. The zero-order valence-corrected chi connectivity index (χ0v) is 9.36. The summed E-state index contributed by atoms with van der Waals surface area (Å²) in [5.41, 5.74) is 3.95. The molecule has 0 saturated carbocycles. The van der Waals surface area contributed by atoms with Crippen LogP contribution < -0.4 is 0 Å². The fraction of sp³-hybridized carbons (Fsp3) is 0.143. The van der Waals surface area contributed by atoms with Gasteiger partial charge in [-0.2, -0.15) is 0 Å². The van der Waals surface area contributed by atoms with Crippen LogP contribution in [-0.4, -0.2) is 10.2 Å². The van der Waals surface area contributed by atoms with Crippen LogP contribution in [0.15, 0.2) is 36.4 Å². The molecule has 0 aliphatic carbocycles. The van der Waals surface area contributed by atoms with Gasteiger partial charge in [0.25, 0.3) is 0 Å². The number of aryl methyl sites for hydroxylation is 1. The Kier molecular flexibility index (Phi) is 2.57. The molecular formula is C14H14O2. The van der Waals surface area contributed by atoms with Gasteiger partial charge in [0, 0.05) is 5.56 Å². The Morgan fingerprint density at radius 3 is 2.06 bits per heavy atom. The van der Waals surface area contributed by atoms with Crippen molar-refractivity contribution in [3.05, 3.63) is 47.5 Å². The van der Waals surface area contributed by atoms with Crippen LogP contribution in [0.25, 0.3) is 11.1 Å². The summed E-state index contributed by atoms with van der Waals surface area (Å²) in [5.74, 6) is 0.502. The summed E-state index contributed by atoms with van der Waals surface area (Å²) in [6.07, 6.45) is 0. The molecule has 0 fully saturated rings. The molecule has 0 aliphatic rings. The SMILES string of the molecule is Cc1ccc(O)c(-c2ccc(O)cc2)c1C. The second kappa shape index (κ2) is 3.89.